The minimum absolute atomic E-state index is 0.00764. The van der Waals surface area contributed by atoms with Crippen molar-refractivity contribution in [2.75, 3.05) is 0 Å². The van der Waals surface area contributed by atoms with Crippen LogP contribution in [0.3, 0.4) is 0 Å². The molecule has 4 rings (SSSR count). The van der Waals surface area contributed by atoms with Crippen LogP contribution in [-0.4, -0.2) is 22.8 Å². The molecule has 4 heteroatoms. The smallest absolute Gasteiger partial charge is 0.245 e. The molecule has 23 heavy (non-hydrogen) atoms. The lowest BCUT2D eigenvalue weighted by Crippen LogP contribution is -2.47. The van der Waals surface area contributed by atoms with Crippen LogP contribution in [0, 0.1) is 17.8 Å². The predicted octanol–water partition coefficient (Wildman–Crippen LogP) is 2.25. The van der Waals surface area contributed by atoms with E-state index in [-0.39, 0.29) is 17.7 Å². The van der Waals surface area contributed by atoms with Crippen molar-refractivity contribution in [2.24, 2.45) is 17.8 Å². The van der Waals surface area contributed by atoms with Crippen molar-refractivity contribution in [1.29, 1.82) is 0 Å². The Hall–Kier alpha value is -2.10. The van der Waals surface area contributed by atoms with Crippen molar-refractivity contribution in [3.05, 3.63) is 47.5 Å². The maximum atomic E-state index is 12.6. The standard InChI is InChI=1S/C19H22N2O2/c1-12(20-18(22)17-9-13-6-7-14(17)8-13)19(23)21-10-15-4-2-3-5-16(15)11-21/h2-7,12-14,17H,8-11H2,1H3,(H,20,22)/t12-,13?,14?,17?/m1/s1. The van der Waals surface area contributed by atoms with Gasteiger partial charge in [-0.3, -0.25) is 9.59 Å². The topological polar surface area (TPSA) is 49.4 Å². The molecule has 1 aliphatic heterocycles. The van der Waals surface area contributed by atoms with Gasteiger partial charge in [-0.25, -0.2) is 0 Å². The third-order valence-electron chi connectivity index (χ3n) is 5.50. The number of rotatable bonds is 3. The van der Waals surface area contributed by atoms with E-state index in [0.717, 1.165) is 12.8 Å². The fourth-order valence-corrected chi connectivity index (χ4v) is 4.23. The fraction of sp³-hybridized carbons (Fsp3) is 0.474. The zero-order valence-corrected chi connectivity index (χ0v) is 13.4. The van der Waals surface area contributed by atoms with Crippen LogP contribution in [0.4, 0.5) is 0 Å². The molecule has 1 N–H and O–H groups in total. The molecule has 0 radical (unpaired) electrons. The van der Waals surface area contributed by atoms with Crippen LogP contribution in [-0.2, 0) is 22.7 Å². The molecule has 2 bridgehead atoms. The summed E-state index contributed by atoms with van der Waals surface area (Å²) in [5, 5.41) is 2.95. The Morgan fingerprint density at radius 1 is 1.13 bits per heavy atom. The van der Waals surface area contributed by atoms with Gasteiger partial charge >= 0.3 is 0 Å². The first-order valence-corrected chi connectivity index (χ1v) is 8.46. The van der Waals surface area contributed by atoms with E-state index in [9.17, 15) is 9.59 Å². The maximum Gasteiger partial charge on any atom is 0.245 e. The minimum Gasteiger partial charge on any atom is -0.344 e. The van der Waals surface area contributed by atoms with Gasteiger partial charge in [0.15, 0.2) is 0 Å². The molecular weight excluding hydrogens is 288 g/mol. The van der Waals surface area contributed by atoms with Crippen LogP contribution in [0.25, 0.3) is 0 Å². The quantitative estimate of drug-likeness (QED) is 0.871. The second-order valence-electron chi connectivity index (χ2n) is 7.08. The highest BCUT2D eigenvalue weighted by Crippen LogP contribution is 2.43. The number of allylic oxidation sites excluding steroid dienone is 2. The number of nitrogens with one attached hydrogen (secondary N) is 1. The molecule has 2 aliphatic carbocycles. The second kappa shape index (κ2) is 5.52. The van der Waals surface area contributed by atoms with Crippen LogP contribution in [0.15, 0.2) is 36.4 Å². The molecule has 3 unspecified atom stereocenters. The third-order valence-corrected chi connectivity index (χ3v) is 5.50. The van der Waals surface area contributed by atoms with Crippen LogP contribution in [0.1, 0.15) is 30.9 Å². The first-order chi connectivity index (χ1) is 11.1. The Morgan fingerprint density at radius 2 is 1.83 bits per heavy atom. The van der Waals surface area contributed by atoms with Gasteiger partial charge in [0.05, 0.1) is 0 Å². The third kappa shape index (κ3) is 2.56. The number of benzene rings is 1. The van der Waals surface area contributed by atoms with Crippen LogP contribution < -0.4 is 5.32 Å². The highest BCUT2D eigenvalue weighted by molar-refractivity contribution is 5.89. The van der Waals surface area contributed by atoms with Gasteiger partial charge in [0, 0.05) is 19.0 Å². The van der Waals surface area contributed by atoms with E-state index in [2.05, 4.69) is 29.6 Å². The number of fused-ring (bicyclic) bond motifs is 3. The van der Waals surface area contributed by atoms with E-state index in [1.165, 1.54) is 11.1 Å². The highest BCUT2D eigenvalue weighted by atomic mass is 16.2. The molecule has 1 heterocycles. The average molecular weight is 310 g/mol. The molecule has 2 amide bonds. The first kappa shape index (κ1) is 14.5. The molecule has 3 aliphatic rings. The van der Waals surface area contributed by atoms with Crippen molar-refractivity contribution in [3.8, 4) is 0 Å². The van der Waals surface area contributed by atoms with Gasteiger partial charge in [-0.2, -0.15) is 0 Å². The Morgan fingerprint density at radius 3 is 2.39 bits per heavy atom. The maximum absolute atomic E-state index is 12.6. The monoisotopic (exact) mass is 310 g/mol. The summed E-state index contributed by atoms with van der Waals surface area (Å²) < 4.78 is 0. The summed E-state index contributed by atoms with van der Waals surface area (Å²) >= 11 is 0. The van der Waals surface area contributed by atoms with Crippen molar-refractivity contribution in [1.82, 2.24) is 10.2 Å². The van der Waals surface area contributed by atoms with E-state index in [1.807, 2.05) is 17.0 Å². The number of hydrogen-bond acceptors (Lipinski definition) is 2. The van der Waals surface area contributed by atoms with Gasteiger partial charge in [-0.1, -0.05) is 36.4 Å². The zero-order valence-electron chi connectivity index (χ0n) is 13.4. The molecule has 1 fully saturated rings. The lowest BCUT2D eigenvalue weighted by Gasteiger charge is -2.24. The van der Waals surface area contributed by atoms with E-state index in [4.69, 9.17) is 0 Å². The molecule has 1 aromatic carbocycles. The normalized spacial score (nSPS) is 28.7. The zero-order chi connectivity index (χ0) is 16.0. The van der Waals surface area contributed by atoms with Crippen LogP contribution >= 0.6 is 0 Å². The van der Waals surface area contributed by atoms with E-state index >= 15 is 0 Å². The van der Waals surface area contributed by atoms with Gasteiger partial charge in [0.25, 0.3) is 0 Å². The van der Waals surface area contributed by atoms with Gasteiger partial charge in [-0.05, 0) is 42.7 Å². The number of carbonyl (C=O) groups is 2. The van der Waals surface area contributed by atoms with Crippen molar-refractivity contribution in [3.63, 3.8) is 0 Å². The number of carbonyl (C=O) groups excluding carboxylic acids is 2. The number of hydrogen-bond donors (Lipinski definition) is 1. The fourth-order valence-electron chi connectivity index (χ4n) is 4.23. The SMILES string of the molecule is C[C@@H](NC(=O)C1CC2C=CC1C2)C(=O)N1Cc2ccccc2C1. The summed E-state index contributed by atoms with van der Waals surface area (Å²) in [6.07, 6.45) is 6.43. The summed E-state index contributed by atoms with van der Waals surface area (Å²) in [4.78, 5) is 26.9. The summed E-state index contributed by atoms with van der Waals surface area (Å²) in [5.41, 5.74) is 2.41. The highest BCUT2D eigenvalue weighted by Gasteiger charge is 2.40. The number of amides is 2. The molecule has 0 aromatic heterocycles. The largest absolute Gasteiger partial charge is 0.344 e. The van der Waals surface area contributed by atoms with Crippen LogP contribution in [0.2, 0.25) is 0 Å². The Labute approximate surface area is 136 Å². The van der Waals surface area contributed by atoms with Crippen molar-refractivity contribution in [2.45, 2.75) is 38.9 Å². The van der Waals surface area contributed by atoms with Crippen LogP contribution in [0.5, 0.6) is 0 Å². The first-order valence-electron chi connectivity index (χ1n) is 8.46. The molecule has 0 saturated heterocycles. The van der Waals surface area contributed by atoms with Gasteiger partial charge in [-0.15, -0.1) is 0 Å². The van der Waals surface area contributed by atoms with E-state index in [0.29, 0.717) is 24.9 Å². The summed E-state index contributed by atoms with van der Waals surface area (Å²) in [5.74, 6) is 1.04. The van der Waals surface area contributed by atoms with E-state index < -0.39 is 6.04 Å². The Bertz CT molecular complexity index is 657. The van der Waals surface area contributed by atoms with E-state index in [1.54, 1.807) is 6.92 Å². The van der Waals surface area contributed by atoms with Gasteiger partial charge < -0.3 is 10.2 Å². The molecule has 4 atom stereocenters. The van der Waals surface area contributed by atoms with Crippen molar-refractivity contribution < 1.29 is 9.59 Å². The molecular formula is C19H22N2O2. The Balaban J connectivity index is 1.36. The summed E-state index contributed by atoms with van der Waals surface area (Å²) in [7, 11) is 0. The average Bonchev–Trinajstić information content (AvgIpc) is 3.27. The molecule has 4 nitrogen and oxygen atoms in total. The summed E-state index contributed by atoms with van der Waals surface area (Å²) in [6.45, 7) is 3.09. The molecule has 0 spiro atoms. The lowest BCUT2D eigenvalue weighted by atomic mass is 9.92. The second-order valence-corrected chi connectivity index (χ2v) is 7.08. The van der Waals surface area contributed by atoms with Gasteiger partial charge in [0.2, 0.25) is 11.8 Å². The molecule has 120 valence electrons. The van der Waals surface area contributed by atoms with Crippen molar-refractivity contribution >= 4 is 11.8 Å². The number of nitrogens with zero attached hydrogens (tertiary/aromatic N) is 1. The predicted molar refractivity (Wildman–Crippen MR) is 87.1 cm³/mol. The molecule has 1 aromatic rings. The summed E-state index contributed by atoms with van der Waals surface area (Å²) in [6, 6.07) is 7.67. The minimum atomic E-state index is -0.458. The molecule has 1 saturated carbocycles. The lowest BCUT2D eigenvalue weighted by molar-refractivity contribution is -0.137. The Kier molecular flexibility index (Phi) is 3.47. The van der Waals surface area contributed by atoms with Gasteiger partial charge in [0.1, 0.15) is 6.04 Å².